The summed E-state index contributed by atoms with van der Waals surface area (Å²) in [5, 5.41) is 0. The molecule has 2 heterocycles. The molecule has 6 heteroatoms. The third-order valence-electron chi connectivity index (χ3n) is 4.26. The highest BCUT2D eigenvalue weighted by Gasteiger charge is 2.52. The first-order valence-corrected chi connectivity index (χ1v) is 7.92. The summed E-state index contributed by atoms with van der Waals surface area (Å²) >= 11 is 4.39. The van der Waals surface area contributed by atoms with Gasteiger partial charge in [-0.2, -0.15) is 12.6 Å². The maximum atomic E-state index is 11.5. The highest BCUT2D eigenvalue weighted by Crippen LogP contribution is 2.38. The third-order valence-corrected chi connectivity index (χ3v) is 4.62. The van der Waals surface area contributed by atoms with E-state index in [1.54, 1.807) is 12.4 Å². The molecule has 4 nitrogen and oxygen atoms in total. The van der Waals surface area contributed by atoms with E-state index >= 15 is 0 Å². The molecule has 1 aromatic heterocycles. The molecular formula is C16H22BNO3S. The van der Waals surface area contributed by atoms with Crippen LogP contribution in [0, 0.1) is 0 Å². The molecule has 118 valence electrons. The number of aromatic nitrogens is 1. The Morgan fingerprint density at radius 2 is 1.86 bits per heavy atom. The van der Waals surface area contributed by atoms with E-state index in [1.807, 2.05) is 39.8 Å². The van der Waals surface area contributed by atoms with Gasteiger partial charge in [-0.25, -0.2) is 0 Å². The van der Waals surface area contributed by atoms with Gasteiger partial charge in [0.2, 0.25) is 0 Å². The lowest BCUT2D eigenvalue weighted by molar-refractivity contribution is 0.00578. The Morgan fingerprint density at radius 3 is 2.36 bits per heavy atom. The van der Waals surface area contributed by atoms with Crippen LogP contribution in [0.25, 0.3) is 6.08 Å². The molecule has 2 rings (SSSR count). The summed E-state index contributed by atoms with van der Waals surface area (Å²) < 4.78 is 12.1. The van der Waals surface area contributed by atoms with Gasteiger partial charge in [-0.05, 0) is 51.7 Å². The van der Waals surface area contributed by atoms with Crippen molar-refractivity contribution in [3.8, 4) is 0 Å². The summed E-state index contributed by atoms with van der Waals surface area (Å²) in [5.74, 6) is 0.493. The number of carbonyl (C=O) groups is 1. The minimum atomic E-state index is -0.441. The highest BCUT2D eigenvalue weighted by molar-refractivity contribution is 7.80. The van der Waals surface area contributed by atoms with Crippen LogP contribution < -0.4 is 0 Å². The van der Waals surface area contributed by atoms with Gasteiger partial charge in [-0.1, -0.05) is 6.08 Å². The largest absolute Gasteiger partial charge is 0.491 e. The summed E-state index contributed by atoms with van der Waals surface area (Å²) in [6, 6.07) is 1.81. The number of Topliss-reactive ketones (excluding diaryl/α,β-unsaturated/α-hetero) is 1. The molecule has 0 N–H and O–H groups in total. The lowest BCUT2D eigenvalue weighted by Crippen LogP contribution is -2.41. The first-order valence-electron chi connectivity index (χ1n) is 7.29. The molecule has 1 aliphatic rings. The van der Waals surface area contributed by atoms with Crippen molar-refractivity contribution in [1.82, 2.24) is 4.98 Å². The Balaban J connectivity index is 2.29. The molecule has 0 spiro atoms. The van der Waals surface area contributed by atoms with Crippen LogP contribution in [0.5, 0.6) is 0 Å². The van der Waals surface area contributed by atoms with Crippen LogP contribution in [0.3, 0.4) is 0 Å². The van der Waals surface area contributed by atoms with Crippen molar-refractivity contribution in [2.75, 3.05) is 5.75 Å². The van der Waals surface area contributed by atoms with Gasteiger partial charge >= 0.3 is 7.12 Å². The summed E-state index contributed by atoms with van der Waals surface area (Å²) in [4.78, 5) is 15.6. The van der Waals surface area contributed by atoms with Crippen molar-refractivity contribution >= 4 is 31.6 Å². The molecule has 1 saturated heterocycles. The maximum absolute atomic E-state index is 11.5. The van der Waals surface area contributed by atoms with Crippen molar-refractivity contribution in [2.45, 2.75) is 45.8 Å². The number of pyridine rings is 1. The second kappa shape index (κ2) is 6.18. The van der Waals surface area contributed by atoms with E-state index in [2.05, 4.69) is 17.6 Å². The lowest BCUT2D eigenvalue weighted by atomic mass is 9.78. The fourth-order valence-corrected chi connectivity index (χ4v) is 2.37. The van der Waals surface area contributed by atoms with E-state index in [0.717, 1.165) is 11.0 Å². The highest BCUT2D eigenvalue weighted by atomic mass is 32.1. The number of rotatable bonds is 4. The molecule has 0 atom stereocenters. The Bertz CT molecular complexity index is 597. The topological polar surface area (TPSA) is 48.4 Å². The van der Waals surface area contributed by atoms with Crippen molar-refractivity contribution in [2.24, 2.45) is 0 Å². The van der Waals surface area contributed by atoms with Crippen molar-refractivity contribution < 1.29 is 14.1 Å². The Labute approximate surface area is 137 Å². The number of nitrogens with zero attached hydrogens (tertiary/aromatic N) is 1. The van der Waals surface area contributed by atoms with Crippen LogP contribution in [-0.2, 0) is 9.31 Å². The van der Waals surface area contributed by atoms with Gasteiger partial charge in [0, 0.05) is 23.7 Å². The normalized spacial score (nSPS) is 20.3. The molecule has 0 bridgehead atoms. The van der Waals surface area contributed by atoms with Crippen molar-refractivity contribution in [1.29, 1.82) is 0 Å². The second-order valence-electron chi connectivity index (χ2n) is 6.53. The monoisotopic (exact) mass is 319 g/mol. The molecule has 0 saturated carbocycles. The van der Waals surface area contributed by atoms with E-state index < -0.39 is 7.12 Å². The fraction of sp³-hybridized carbons (Fsp3) is 0.500. The quantitative estimate of drug-likeness (QED) is 0.526. The van der Waals surface area contributed by atoms with Gasteiger partial charge in [-0.3, -0.25) is 9.78 Å². The zero-order chi connectivity index (χ0) is 16.5. The van der Waals surface area contributed by atoms with E-state index in [9.17, 15) is 4.79 Å². The van der Waals surface area contributed by atoms with Crippen molar-refractivity contribution in [3.63, 3.8) is 0 Å². The number of carbonyl (C=O) groups excluding carboxylic acids is 1. The number of ketones is 1. The summed E-state index contributed by atoms with van der Waals surface area (Å²) in [6.07, 6.45) is 5.20. The maximum Gasteiger partial charge on any atom is 0.491 e. The molecule has 22 heavy (non-hydrogen) atoms. The van der Waals surface area contributed by atoms with Crippen LogP contribution in [0.2, 0.25) is 0 Å². The second-order valence-corrected chi connectivity index (χ2v) is 6.84. The Hall–Kier alpha value is -1.11. The minimum absolute atomic E-state index is 0.00851. The van der Waals surface area contributed by atoms with E-state index in [-0.39, 0.29) is 17.0 Å². The summed E-state index contributed by atoms with van der Waals surface area (Å²) in [6.45, 7) is 9.59. The predicted molar refractivity (Wildman–Crippen MR) is 92.2 cm³/mol. The number of hydrogen-bond donors (Lipinski definition) is 1. The molecule has 1 aromatic rings. The smallest absolute Gasteiger partial charge is 0.400 e. The van der Waals surface area contributed by atoms with E-state index in [4.69, 9.17) is 9.31 Å². The minimum Gasteiger partial charge on any atom is -0.400 e. The fourth-order valence-electron chi connectivity index (χ4n) is 2.13. The standard InChI is InChI=1S/C16H22BNO3S/c1-11(19)13-6-12(8-18-9-13)7-14(10-22)17-20-15(2,3)16(4,5)21-17/h6-9,22H,10H2,1-5H3. The van der Waals surface area contributed by atoms with Gasteiger partial charge < -0.3 is 9.31 Å². The first kappa shape index (κ1) is 17.3. The number of thiol groups is 1. The van der Waals surface area contributed by atoms with Crippen LogP contribution in [0.4, 0.5) is 0 Å². The lowest BCUT2D eigenvalue weighted by Gasteiger charge is -2.32. The zero-order valence-corrected chi connectivity index (χ0v) is 14.6. The number of hydrogen-bond acceptors (Lipinski definition) is 5. The van der Waals surface area contributed by atoms with Crippen LogP contribution in [0.15, 0.2) is 23.9 Å². The SMILES string of the molecule is CC(=O)c1cncc(C=C(CS)B2OC(C)(C)C(C)(C)O2)c1. The Kier molecular flexibility index (Phi) is 4.85. The zero-order valence-electron chi connectivity index (χ0n) is 13.7. The predicted octanol–water partition coefficient (Wildman–Crippen LogP) is 3.23. The Morgan fingerprint density at radius 1 is 1.27 bits per heavy atom. The molecule has 0 radical (unpaired) electrons. The third kappa shape index (κ3) is 3.45. The molecule has 0 amide bonds. The van der Waals surface area contributed by atoms with Crippen molar-refractivity contribution in [3.05, 3.63) is 35.1 Å². The average Bonchev–Trinajstić information content (AvgIpc) is 2.65. The van der Waals surface area contributed by atoms with Gasteiger partial charge in [0.15, 0.2) is 5.78 Å². The van der Waals surface area contributed by atoms with Gasteiger partial charge in [0.25, 0.3) is 0 Å². The van der Waals surface area contributed by atoms with E-state index in [0.29, 0.717) is 11.3 Å². The first-order chi connectivity index (χ1) is 10.2. The molecule has 0 unspecified atom stereocenters. The summed E-state index contributed by atoms with van der Waals surface area (Å²) in [7, 11) is -0.441. The average molecular weight is 319 g/mol. The van der Waals surface area contributed by atoms with E-state index in [1.165, 1.54) is 6.92 Å². The molecule has 0 aromatic carbocycles. The molecule has 0 aliphatic carbocycles. The van der Waals surface area contributed by atoms with Crippen LogP contribution >= 0.6 is 12.6 Å². The van der Waals surface area contributed by atoms with Crippen LogP contribution in [-0.4, -0.2) is 34.8 Å². The van der Waals surface area contributed by atoms with Gasteiger partial charge in [-0.15, -0.1) is 0 Å². The molecular weight excluding hydrogens is 297 g/mol. The molecule has 1 fully saturated rings. The van der Waals surface area contributed by atoms with Gasteiger partial charge in [0.1, 0.15) is 0 Å². The molecule has 1 aliphatic heterocycles. The van der Waals surface area contributed by atoms with Crippen LogP contribution in [0.1, 0.15) is 50.5 Å². The van der Waals surface area contributed by atoms with Gasteiger partial charge in [0.05, 0.1) is 11.2 Å². The summed E-state index contributed by atoms with van der Waals surface area (Å²) in [5.41, 5.74) is 1.55.